The van der Waals surface area contributed by atoms with E-state index in [-0.39, 0.29) is 17.9 Å². The van der Waals surface area contributed by atoms with Crippen LogP contribution in [0.25, 0.3) is 0 Å². The molecule has 0 radical (unpaired) electrons. The minimum Gasteiger partial charge on any atom is -0.469 e. The van der Waals surface area contributed by atoms with E-state index >= 15 is 0 Å². The molecule has 0 aliphatic carbocycles. The van der Waals surface area contributed by atoms with Crippen LogP contribution in [0.3, 0.4) is 0 Å². The van der Waals surface area contributed by atoms with Crippen molar-refractivity contribution in [2.24, 2.45) is 4.99 Å². The van der Waals surface area contributed by atoms with Gasteiger partial charge >= 0.3 is 0 Å². The van der Waals surface area contributed by atoms with Crippen molar-refractivity contribution in [1.82, 2.24) is 0 Å². The first-order valence-corrected chi connectivity index (χ1v) is 10.3. The zero-order valence-electron chi connectivity index (χ0n) is 15.1. The highest BCUT2D eigenvalue weighted by Crippen LogP contribution is 2.40. The van der Waals surface area contributed by atoms with Gasteiger partial charge in [-0.1, -0.05) is 78.4 Å². The van der Waals surface area contributed by atoms with Crippen molar-refractivity contribution in [2.45, 2.75) is 24.0 Å². The molecule has 136 valence electrons. The van der Waals surface area contributed by atoms with Crippen LogP contribution in [0.4, 0.5) is 0 Å². The standard InChI is InChI=1S/C23H21NO2S/c1-17-12-14-20(15-13-17)27(25)16-21-24-22(18-8-4-2-5-9-18)23(26-21)19-10-6-3-7-11-19/h2-15,22-23H,16H2,1H3/t22-,23+,27+/m0/s1. The van der Waals surface area contributed by atoms with Crippen molar-refractivity contribution < 1.29 is 8.95 Å². The summed E-state index contributed by atoms with van der Waals surface area (Å²) in [5.74, 6) is 0.840. The molecule has 1 aliphatic rings. The zero-order valence-corrected chi connectivity index (χ0v) is 15.9. The number of nitrogens with zero attached hydrogens (tertiary/aromatic N) is 1. The Kier molecular flexibility index (Phi) is 5.16. The van der Waals surface area contributed by atoms with Gasteiger partial charge in [0, 0.05) is 4.90 Å². The topological polar surface area (TPSA) is 38.7 Å². The molecular formula is C23H21NO2S. The van der Waals surface area contributed by atoms with Gasteiger partial charge in [0.2, 0.25) is 0 Å². The van der Waals surface area contributed by atoms with Gasteiger partial charge in [-0.25, -0.2) is 4.99 Å². The molecule has 1 heterocycles. The van der Waals surface area contributed by atoms with Crippen LogP contribution >= 0.6 is 0 Å². The van der Waals surface area contributed by atoms with E-state index in [1.54, 1.807) is 0 Å². The third kappa shape index (κ3) is 4.01. The van der Waals surface area contributed by atoms with E-state index in [0.717, 1.165) is 21.6 Å². The van der Waals surface area contributed by atoms with E-state index < -0.39 is 10.8 Å². The lowest BCUT2D eigenvalue weighted by atomic mass is 9.97. The molecule has 0 amide bonds. The molecule has 3 aromatic carbocycles. The molecule has 0 spiro atoms. The lowest BCUT2D eigenvalue weighted by Gasteiger charge is -2.18. The van der Waals surface area contributed by atoms with E-state index in [4.69, 9.17) is 9.73 Å². The number of benzene rings is 3. The summed E-state index contributed by atoms with van der Waals surface area (Å²) < 4.78 is 18.9. The SMILES string of the molecule is Cc1ccc([S@](=O)CC2=N[C@@H](c3ccccc3)[C@@H](c3ccccc3)O2)cc1. The number of ether oxygens (including phenoxy) is 1. The van der Waals surface area contributed by atoms with Crippen LogP contribution in [-0.4, -0.2) is 15.9 Å². The van der Waals surface area contributed by atoms with Crippen molar-refractivity contribution >= 4 is 16.7 Å². The van der Waals surface area contributed by atoms with Crippen molar-refractivity contribution in [2.75, 3.05) is 5.75 Å². The Bertz CT molecular complexity index is 953. The summed E-state index contributed by atoms with van der Waals surface area (Å²) in [6.45, 7) is 2.02. The molecule has 3 aromatic rings. The molecule has 4 rings (SSSR count). The number of aliphatic imine (C=N–C) groups is 1. The largest absolute Gasteiger partial charge is 0.469 e. The maximum Gasteiger partial charge on any atom is 0.198 e. The molecule has 0 aromatic heterocycles. The zero-order chi connectivity index (χ0) is 18.6. The third-order valence-electron chi connectivity index (χ3n) is 4.64. The number of aryl methyl sites for hydroxylation is 1. The van der Waals surface area contributed by atoms with Crippen LogP contribution in [-0.2, 0) is 15.5 Å². The second-order valence-electron chi connectivity index (χ2n) is 6.63. The van der Waals surface area contributed by atoms with Gasteiger partial charge in [-0.2, -0.15) is 0 Å². The molecule has 3 nitrogen and oxygen atoms in total. The van der Waals surface area contributed by atoms with Gasteiger partial charge in [-0.15, -0.1) is 0 Å². The van der Waals surface area contributed by atoms with Gasteiger partial charge < -0.3 is 4.74 Å². The number of hydrogen-bond acceptors (Lipinski definition) is 3. The lowest BCUT2D eigenvalue weighted by Crippen LogP contribution is -2.13. The predicted octanol–water partition coefficient (Wildman–Crippen LogP) is 5.01. The normalized spacial score (nSPS) is 20.0. The maximum atomic E-state index is 12.7. The summed E-state index contributed by atoms with van der Waals surface area (Å²) in [7, 11) is -1.18. The first-order valence-electron chi connectivity index (χ1n) is 8.99. The van der Waals surface area contributed by atoms with E-state index in [9.17, 15) is 4.21 Å². The Hall–Kier alpha value is -2.72. The summed E-state index contributed by atoms with van der Waals surface area (Å²) in [5.41, 5.74) is 3.33. The molecule has 1 aliphatic heterocycles. The van der Waals surface area contributed by atoms with Gasteiger partial charge in [-0.3, -0.25) is 4.21 Å². The average molecular weight is 375 g/mol. The smallest absolute Gasteiger partial charge is 0.198 e. The van der Waals surface area contributed by atoms with E-state index in [1.807, 2.05) is 67.6 Å². The third-order valence-corrected chi connectivity index (χ3v) is 5.95. The fraction of sp³-hybridized carbons (Fsp3) is 0.174. The highest BCUT2D eigenvalue weighted by Gasteiger charge is 2.34. The van der Waals surface area contributed by atoms with Gasteiger partial charge in [0.25, 0.3) is 0 Å². The highest BCUT2D eigenvalue weighted by molar-refractivity contribution is 7.85. The Morgan fingerprint density at radius 2 is 1.44 bits per heavy atom. The number of hydrogen-bond donors (Lipinski definition) is 0. The predicted molar refractivity (Wildman–Crippen MR) is 109 cm³/mol. The van der Waals surface area contributed by atoms with Crippen LogP contribution in [0, 0.1) is 6.92 Å². The first kappa shape index (κ1) is 17.7. The van der Waals surface area contributed by atoms with Crippen LogP contribution in [0.15, 0.2) is 94.8 Å². The quantitative estimate of drug-likeness (QED) is 0.628. The van der Waals surface area contributed by atoms with Crippen LogP contribution in [0.5, 0.6) is 0 Å². The summed E-state index contributed by atoms with van der Waals surface area (Å²) in [6.07, 6.45) is -0.196. The number of rotatable bonds is 5. The average Bonchev–Trinajstić information content (AvgIpc) is 3.13. The molecule has 27 heavy (non-hydrogen) atoms. The van der Waals surface area contributed by atoms with Crippen molar-refractivity contribution in [1.29, 1.82) is 0 Å². The summed E-state index contributed by atoms with van der Waals surface area (Å²) in [4.78, 5) is 5.60. The minimum absolute atomic E-state index is 0.126. The lowest BCUT2D eigenvalue weighted by molar-refractivity contribution is 0.195. The monoisotopic (exact) mass is 375 g/mol. The molecular weight excluding hydrogens is 354 g/mol. The fourth-order valence-corrected chi connectivity index (χ4v) is 4.19. The maximum absolute atomic E-state index is 12.7. The molecule has 0 fully saturated rings. The second kappa shape index (κ2) is 7.89. The molecule has 4 heteroatoms. The molecule has 0 N–H and O–H groups in total. The van der Waals surface area contributed by atoms with Crippen molar-refractivity contribution in [3.8, 4) is 0 Å². The van der Waals surface area contributed by atoms with E-state index in [0.29, 0.717) is 5.90 Å². The van der Waals surface area contributed by atoms with Crippen LogP contribution < -0.4 is 0 Å². The Morgan fingerprint density at radius 1 is 0.852 bits per heavy atom. The molecule has 0 bridgehead atoms. The van der Waals surface area contributed by atoms with Gasteiger partial charge in [-0.05, 0) is 30.2 Å². The van der Waals surface area contributed by atoms with Crippen molar-refractivity contribution in [3.63, 3.8) is 0 Å². The minimum atomic E-state index is -1.18. The second-order valence-corrected chi connectivity index (χ2v) is 8.08. The van der Waals surface area contributed by atoms with Gasteiger partial charge in [0.1, 0.15) is 11.8 Å². The molecule has 0 unspecified atom stereocenters. The summed E-state index contributed by atoms with van der Waals surface area (Å²) in [5, 5.41) is 0. The highest BCUT2D eigenvalue weighted by atomic mass is 32.2. The molecule has 0 saturated heterocycles. The van der Waals surface area contributed by atoms with Crippen LogP contribution in [0.1, 0.15) is 28.8 Å². The van der Waals surface area contributed by atoms with Crippen LogP contribution in [0.2, 0.25) is 0 Å². The van der Waals surface area contributed by atoms with Crippen molar-refractivity contribution in [3.05, 3.63) is 102 Å². The van der Waals surface area contributed by atoms with E-state index in [1.165, 1.54) is 0 Å². The first-order chi connectivity index (χ1) is 13.2. The Balaban J connectivity index is 1.60. The Labute approximate surface area is 162 Å². The molecule has 0 saturated carbocycles. The summed E-state index contributed by atoms with van der Waals surface area (Å²) >= 11 is 0. The fourth-order valence-electron chi connectivity index (χ4n) is 3.21. The Morgan fingerprint density at radius 3 is 2.07 bits per heavy atom. The molecule has 3 atom stereocenters. The summed E-state index contributed by atoms with van der Waals surface area (Å²) in [6, 6.07) is 27.9. The van der Waals surface area contributed by atoms with Gasteiger partial charge in [0.05, 0.1) is 10.8 Å². The van der Waals surface area contributed by atoms with E-state index in [2.05, 4.69) is 24.3 Å². The van der Waals surface area contributed by atoms with Gasteiger partial charge in [0.15, 0.2) is 12.0 Å².